The van der Waals surface area contributed by atoms with Gasteiger partial charge in [0.2, 0.25) is 0 Å². The van der Waals surface area contributed by atoms with Gasteiger partial charge in [0.15, 0.2) is 0 Å². The smallest absolute Gasteiger partial charge is 0.117 e. The maximum atomic E-state index is 6.10. The summed E-state index contributed by atoms with van der Waals surface area (Å²) >= 11 is 6.10. The lowest BCUT2D eigenvalue weighted by Crippen LogP contribution is -2.09. The number of benzene rings is 2. The van der Waals surface area contributed by atoms with Gasteiger partial charge in [-0.1, -0.05) is 48.9 Å². The van der Waals surface area contributed by atoms with E-state index in [9.17, 15) is 0 Å². The third kappa shape index (κ3) is 2.56. The second kappa shape index (κ2) is 5.90. The van der Waals surface area contributed by atoms with Crippen LogP contribution in [-0.4, -0.2) is 9.55 Å². The molecule has 0 bridgehead atoms. The molecule has 0 N–H and O–H groups in total. The highest BCUT2D eigenvalue weighted by atomic mass is 35.5. The molecule has 21 heavy (non-hydrogen) atoms. The summed E-state index contributed by atoms with van der Waals surface area (Å²) < 4.78 is 2.30. The molecule has 3 heteroatoms. The van der Waals surface area contributed by atoms with Crippen LogP contribution in [0.3, 0.4) is 0 Å². The van der Waals surface area contributed by atoms with Gasteiger partial charge in [-0.2, -0.15) is 0 Å². The highest BCUT2D eigenvalue weighted by Crippen LogP contribution is 2.30. The zero-order valence-corrected chi connectivity index (χ0v) is 13.1. The Morgan fingerprint density at radius 3 is 2.52 bits per heavy atom. The number of aromatic nitrogens is 2. The molecule has 108 valence electrons. The summed E-state index contributed by atoms with van der Waals surface area (Å²) in [6, 6.07) is 16.5. The zero-order valence-electron chi connectivity index (χ0n) is 12.4. The lowest BCUT2D eigenvalue weighted by molar-refractivity contribution is 0.642. The van der Waals surface area contributed by atoms with E-state index in [1.165, 1.54) is 5.56 Å². The number of fused-ring (bicyclic) bond motifs is 1. The lowest BCUT2D eigenvalue weighted by Gasteiger charge is -2.16. The quantitative estimate of drug-likeness (QED) is 0.643. The number of halogens is 1. The third-order valence-electron chi connectivity index (χ3n) is 3.98. The van der Waals surface area contributed by atoms with Crippen molar-refractivity contribution >= 4 is 22.6 Å². The third-order valence-corrected chi connectivity index (χ3v) is 4.21. The SMILES string of the molecule is CCC(c1ccccc1)c1nc2cc(Cl)ccc2n1CC. The molecule has 3 rings (SSSR count). The van der Waals surface area contributed by atoms with Crippen LogP contribution in [0.2, 0.25) is 5.02 Å². The number of imidazole rings is 1. The molecule has 0 aliphatic rings. The molecule has 1 unspecified atom stereocenters. The van der Waals surface area contributed by atoms with Crippen molar-refractivity contribution in [2.45, 2.75) is 32.7 Å². The maximum absolute atomic E-state index is 6.10. The van der Waals surface area contributed by atoms with Gasteiger partial charge in [0.25, 0.3) is 0 Å². The van der Waals surface area contributed by atoms with E-state index in [-0.39, 0.29) is 0 Å². The van der Waals surface area contributed by atoms with Gasteiger partial charge in [0.1, 0.15) is 5.82 Å². The Morgan fingerprint density at radius 2 is 1.86 bits per heavy atom. The van der Waals surface area contributed by atoms with Gasteiger partial charge in [-0.3, -0.25) is 0 Å². The second-order valence-electron chi connectivity index (χ2n) is 5.22. The van der Waals surface area contributed by atoms with E-state index < -0.39 is 0 Å². The summed E-state index contributed by atoms with van der Waals surface area (Å²) in [4.78, 5) is 4.87. The Bertz CT molecular complexity index is 747. The number of rotatable bonds is 4. The van der Waals surface area contributed by atoms with Crippen molar-refractivity contribution in [1.29, 1.82) is 0 Å². The molecule has 2 nitrogen and oxygen atoms in total. The van der Waals surface area contributed by atoms with Crippen molar-refractivity contribution < 1.29 is 0 Å². The van der Waals surface area contributed by atoms with Crippen LogP contribution in [0.5, 0.6) is 0 Å². The molecule has 0 aliphatic carbocycles. The van der Waals surface area contributed by atoms with Gasteiger partial charge < -0.3 is 4.57 Å². The predicted molar refractivity (Wildman–Crippen MR) is 89.0 cm³/mol. The summed E-state index contributed by atoms with van der Waals surface area (Å²) in [6.45, 7) is 5.29. The van der Waals surface area contributed by atoms with Crippen molar-refractivity contribution in [3.63, 3.8) is 0 Å². The minimum Gasteiger partial charge on any atom is -0.328 e. The fourth-order valence-corrected chi connectivity index (χ4v) is 3.14. The molecule has 0 aliphatic heterocycles. The van der Waals surface area contributed by atoms with Gasteiger partial charge in [-0.15, -0.1) is 0 Å². The first kappa shape index (κ1) is 14.2. The van der Waals surface area contributed by atoms with E-state index in [0.29, 0.717) is 5.92 Å². The van der Waals surface area contributed by atoms with E-state index in [1.807, 2.05) is 12.1 Å². The molecule has 0 saturated carbocycles. The number of nitrogens with zero attached hydrogens (tertiary/aromatic N) is 2. The number of aryl methyl sites for hydroxylation is 1. The van der Waals surface area contributed by atoms with Gasteiger partial charge in [0.05, 0.1) is 11.0 Å². The first-order chi connectivity index (χ1) is 10.2. The van der Waals surface area contributed by atoms with Crippen molar-refractivity contribution in [2.24, 2.45) is 0 Å². The van der Waals surface area contributed by atoms with Gasteiger partial charge in [-0.25, -0.2) is 4.98 Å². The van der Waals surface area contributed by atoms with Gasteiger partial charge >= 0.3 is 0 Å². The Labute approximate surface area is 130 Å². The largest absolute Gasteiger partial charge is 0.328 e. The standard InChI is InChI=1S/C18H19ClN2/c1-3-15(13-8-6-5-7-9-13)18-20-16-12-14(19)10-11-17(16)21(18)4-2/h5-12,15H,3-4H2,1-2H3. The van der Waals surface area contributed by atoms with E-state index in [1.54, 1.807) is 0 Å². The first-order valence-electron chi connectivity index (χ1n) is 7.45. The average molecular weight is 299 g/mol. The molecule has 3 aromatic rings. The normalized spacial score (nSPS) is 12.7. The van der Waals surface area contributed by atoms with Crippen molar-refractivity contribution in [3.8, 4) is 0 Å². The Kier molecular flexibility index (Phi) is 3.98. The van der Waals surface area contributed by atoms with Crippen LogP contribution in [0, 0.1) is 0 Å². The molecule has 0 fully saturated rings. The molecule has 0 saturated heterocycles. The molecule has 0 spiro atoms. The summed E-state index contributed by atoms with van der Waals surface area (Å²) in [5.41, 5.74) is 3.45. The second-order valence-corrected chi connectivity index (χ2v) is 5.66. The Balaban J connectivity index is 2.18. The van der Waals surface area contributed by atoms with Crippen LogP contribution in [0.4, 0.5) is 0 Å². The summed E-state index contributed by atoms with van der Waals surface area (Å²) in [5.74, 6) is 1.45. The van der Waals surface area contributed by atoms with Crippen LogP contribution in [0.15, 0.2) is 48.5 Å². The van der Waals surface area contributed by atoms with E-state index in [0.717, 1.165) is 34.8 Å². The highest BCUT2D eigenvalue weighted by Gasteiger charge is 2.19. The van der Waals surface area contributed by atoms with Crippen LogP contribution in [-0.2, 0) is 6.54 Å². The fourth-order valence-electron chi connectivity index (χ4n) is 2.97. The minimum atomic E-state index is 0.317. The molecule has 1 atom stereocenters. The van der Waals surface area contributed by atoms with Gasteiger partial charge in [0, 0.05) is 17.5 Å². The minimum absolute atomic E-state index is 0.317. The summed E-state index contributed by atoms with van der Waals surface area (Å²) in [5, 5.41) is 0.738. The highest BCUT2D eigenvalue weighted by molar-refractivity contribution is 6.31. The Morgan fingerprint density at radius 1 is 1.10 bits per heavy atom. The van der Waals surface area contributed by atoms with E-state index in [2.05, 4.69) is 54.8 Å². The van der Waals surface area contributed by atoms with Gasteiger partial charge in [-0.05, 0) is 37.1 Å². The zero-order chi connectivity index (χ0) is 14.8. The lowest BCUT2D eigenvalue weighted by atomic mass is 9.95. The Hall–Kier alpha value is -1.80. The molecule has 2 aromatic carbocycles. The monoisotopic (exact) mass is 298 g/mol. The van der Waals surface area contributed by atoms with Crippen LogP contribution >= 0.6 is 11.6 Å². The van der Waals surface area contributed by atoms with Crippen molar-refractivity contribution in [3.05, 3.63) is 64.9 Å². The van der Waals surface area contributed by atoms with Crippen LogP contribution in [0.1, 0.15) is 37.6 Å². The van der Waals surface area contributed by atoms with Crippen molar-refractivity contribution in [1.82, 2.24) is 9.55 Å². The first-order valence-corrected chi connectivity index (χ1v) is 7.83. The van der Waals surface area contributed by atoms with Crippen molar-refractivity contribution in [2.75, 3.05) is 0 Å². The molecular weight excluding hydrogens is 280 g/mol. The molecule has 1 aromatic heterocycles. The van der Waals surface area contributed by atoms with Crippen LogP contribution < -0.4 is 0 Å². The maximum Gasteiger partial charge on any atom is 0.117 e. The molecule has 0 radical (unpaired) electrons. The van der Waals surface area contributed by atoms with Crippen LogP contribution in [0.25, 0.3) is 11.0 Å². The summed E-state index contributed by atoms with van der Waals surface area (Å²) in [6.07, 6.45) is 1.03. The van der Waals surface area contributed by atoms with E-state index >= 15 is 0 Å². The molecule has 1 heterocycles. The number of hydrogen-bond acceptors (Lipinski definition) is 1. The summed E-state index contributed by atoms with van der Waals surface area (Å²) in [7, 11) is 0. The predicted octanol–water partition coefficient (Wildman–Crippen LogP) is 5.25. The number of hydrogen-bond donors (Lipinski definition) is 0. The fraction of sp³-hybridized carbons (Fsp3) is 0.278. The average Bonchev–Trinajstić information content (AvgIpc) is 2.86. The topological polar surface area (TPSA) is 17.8 Å². The molecular formula is C18H19ClN2. The molecule has 0 amide bonds. The van der Waals surface area contributed by atoms with E-state index in [4.69, 9.17) is 16.6 Å².